The molecule has 1 aliphatic rings. The highest BCUT2D eigenvalue weighted by Gasteiger charge is 2.38. The zero-order chi connectivity index (χ0) is 10.8. The highest BCUT2D eigenvalue weighted by atomic mass is 32.2. The Balaban J connectivity index is 2.64. The van der Waals surface area contributed by atoms with Crippen LogP contribution in [0, 0.1) is 5.41 Å². The second kappa shape index (κ2) is 4.89. The summed E-state index contributed by atoms with van der Waals surface area (Å²) in [6.07, 6.45) is 4.15. The SMILES string of the molecule is CNC1C(SC(C)C)CCCC1(C)C. The Kier molecular flexibility index (Phi) is 4.32. The molecule has 1 fully saturated rings. The summed E-state index contributed by atoms with van der Waals surface area (Å²) in [4.78, 5) is 0. The zero-order valence-electron chi connectivity index (χ0n) is 10.3. The maximum Gasteiger partial charge on any atom is 0.0234 e. The van der Waals surface area contributed by atoms with Crippen molar-refractivity contribution < 1.29 is 0 Å². The molecular weight excluding hydrogens is 190 g/mol. The Morgan fingerprint density at radius 3 is 2.50 bits per heavy atom. The number of thioether (sulfide) groups is 1. The van der Waals surface area contributed by atoms with Gasteiger partial charge in [-0.15, -0.1) is 0 Å². The summed E-state index contributed by atoms with van der Waals surface area (Å²) in [5, 5.41) is 5.09. The zero-order valence-corrected chi connectivity index (χ0v) is 11.1. The lowest BCUT2D eigenvalue weighted by molar-refractivity contribution is 0.182. The summed E-state index contributed by atoms with van der Waals surface area (Å²) in [6.45, 7) is 9.42. The van der Waals surface area contributed by atoms with E-state index >= 15 is 0 Å². The number of hydrogen-bond acceptors (Lipinski definition) is 2. The lowest BCUT2D eigenvalue weighted by Crippen LogP contribution is -2.50. The van der Waals surface area contributed by atoms with Gasteiger partial charge >= 0.3 is 0 Å². The molecule has 0 aliphatic heterocycles. The lowest BCUT2D eigenvalue weighted by atomic mass is 9.73. The molecule has 0 aromatic carbocycles. The van der Waals surface area contributed by atoms with E-state index < -0.39 is 0 Å². The van der Waals surface area contributed by atoms with Crippen molar-refractivity contribution in [1.82, 2.24) is 5.32 Å². The van der Waals surface area contributed by atoms with Crippen LogP contribution in [-0.2, 0) is 0 Å². The number of nitrogens with one attached hydrogen (secondary N) is 1. The van der Waals surface area contributed by atoms with Gasteiger partial charge in [-0.05, 0) is 30.6 Å². The van der Waals surface area contributed by atoms with Gasteiger partial charge in [0.1, 0.15) is 0 Å². The Morgan fingerprint density at radius 1 is 1.36 bits per heavy atom. The highest BCUT2D eigenvalue weighted by Crippen LogP contribution is 2.41. The Bertz CT molecular complexity index is 177. The number of hydrogen-bond donors (Lipinski definition) is 1. The van der Waals surface area contributed by atoms with Crippen molar-refractivity contribution in [3.8, 4) is 0 Å². The molecule has 1 nitrogen and oxygen atoms in total. The average molecular weight is 215 g/mol. The fraction of sp³-hybridized carbons (Fsp3) is 1.00. The first-order chi connectivity index (χ1) is 6.47. The van der Waals surface area contributed by atoms with Gasteiger partial charge in [0, 0.05) is 11.3 Å². The van der Waals surface area contributed by atoms with Crippen LogP contribution in [0.25, 0.3) is 0 Å². The van der Waals surface area contributed by atoms with E-state index in [0.717, 1.165) is 10.5 Å². The van der Waals surface area contributed by atoms with Crippen molar-refractivity contribution in [3.05, 3.63) is 0 Å². The van der Waals surface area contributed by atoms with Crippen LogP contribution in [0.5, 0.6) is 0 Å². The largest absolute Gasteiger partial charge is 0.315 e. The minimum Gasteiger partial charge on any atom is -0.315 e. The van der Waals surface area contributed by atoms with Gasteiger partial charge in [-0.3, -0.25) is 0 Å². The Hall–Kier alpha value is 0.310. The molecule has 1 rings (SSSR count). The van der Waals surface area contributed by atoms with Crippen molar-refractivity contribution >= 4 is 11.8 Å². The average Bonchev–Trinajstić information content (AvgIpc) is 2.01. The van der Waals surface area contributed by atoms with Gasteiger partial charge in [-0.2, -0.15) is 11.8 Å². The Morgan fingerprint density at radius 2 is 2.00 bits per heavy atom. The van der Waals surface area contributed by atoms with Crippen LogP contribution in [0.4, 0.5) is 0 Å². The molecule has 0 spiro atoms. The molecule has 2 heteroatoms. The smallest absolute Gasteiger partial charge is 0.0234 e. The van der Waals surface area contributed by atoms with Gasteiger partial charge in [0.05, 0.1) is 0 Å². The fourth-order valence-electron chi connectivity index (χ4n) is 2.66. The van der Waals surface area contributed by atoms with Gasteiger partial charge in [0.15, 0.2) is 0 Å². The van der Waals surface area contributed by atoms with E-state index in [4.69, 9.17) is 0 Å². The topological polar surface area (TPSA) is 12.0 Å². The predicted molar refractivity (Wildman–Crippen MR) is 67.0 cm³/mol. The fourth-order valence-corrected chi connectivity index (χ4v) is 4.32. The van der Waals surface area contributed by atoms with Gasteiger partial charge in [-0.1, -0.05) is 34.1 Å². The summed E-state index contributed by atoms with van der Waals surface area (Å²) < 4.78 is 0. The summed E-state index contributed by atoms with van der Waals surface area (Å²) in [7, 11) is 2.12. The third-order valence-electron chi connectivity index (χ3n) is 3.28. The van der Waals surface area contributed by atoms with Crippen LogP contribution < -0.4 is 5.32 Å². The number of rotatable bonds is 3. The van der Waals surface area contributed by atoms with E-state index in [9.17, 15) is 0 Å². The molecular formula is C12H25NS. The summed E-state index contributed by atoms with van der Waals surface area (Å²) >= 11 is 2.15. The van der Waals surface area contributed by atoms with Crippen LogP contribution in [0.3, 0.4) is 0 Å². The molecule has 0 heterocycles. The summed E-state index contributed by atoms with van der Waals surface area (Å²) in [6, 6.07) is 0.684. The normalized spacial score (nSPS) is 32.1. The molecule has 0 bridgehead atoms. The highest BCUT2D eigenvalue weighted by molar-refractivity contribution is 8.00. The first-order valence-corrected chi connectivity index (χ1v) is 6.74. The summed E-state index contributed by atoms with van der Waals surface area (Å²) in [5.74, 6) is 0. The molecule has 0 aromatic rings. The molecule has 1 aliphatic carbocycles. The van der Waals surface area contributed by atoms with E-state index in [0.29, 0.717) is 11.5 Å². The predicted octanol–water partition coefficient (Wildman–Crippen LogP) is 3.29. The van der Waals surface area contributed by atoms with Gasteiger partial charge in [-0.25, -0.2) is 0 Å². The van der Waals surface area contributed by atoms with Crippen LogP contribution in [0.2, 0.25) is 0 Å². The quantitative estimate of drug-likeness (QED) is 0.775. The van der Waals surface area contributed by atoms with Gasteiger partial charge in [0.25, 0.3) is 0 Å². The lowest BCUT2D eigenvalue weighted by Gasteiger charge is -2.44. The van der Waals surface area contributed by atoms with Crippen molar-refractivity contribution in [2.45, 2.75) is 63.5 Å². The van der Waals surface area contributed by atoms with E-state index in [1.54, 1.807) is 0 Å². The second-order valence-electron chi connectivity index (χ2n) is 5.37. The van der Waals surface area contributed by atoms with E-state index in [1.165, 1.54) is 19.3 Å². The first-order valence-electron chi connectivity index (χ1n) is 5.80. The monoisotopic (exact) mass is 215 g/mol. The van der Waals surface area contributed by atoms with Crippen molar-refractivity contribution in [2.24, 2.45) is 5.41 Å². The third kappa shape index (κ3) is 2.90. The molecule has 2 unspecified atom stereocenters. The van der Waals surface area contributed by atoms with Crippen LogP contribution in [0.1, 0.15) is 47.0 Å². The van der Waals surface area contributed by atoms with E-state index in [2.05, 4.69) is 51.8 Å². The third-order valence-corrected chi connectivity index (χ3v) is 4.68. The van der Waals surface area contributed by atoms with E-state index in [-0.39, 0.29) is 0 Å². The van der Waals surface area contributed by atoms with Crippen LogP contribution in [0.15, 0.2) is 0 Å². The van der Waals surface area contributed by atoms with Crippen molar-refractivity contribution in [3.63, 3.8) is 0 Å². The summed E-state index contributed by atoms with van der Waals surface area (Å²) in [5.41, 5.74) is 0.472. The molecule has 84 valence electrons. The molecule has 14 heavy (non-hydrogen) atoms. The Labute approximate surface area is 93.4 Å². The van der Waals surface area contributed by atoms with Gasteiger partial charge in [0.2, 0.25) is 0 Å². The van der Waals surface area contributed by atoms with Crippen molar-refractivity contribution in [2.75, 3.05) is 7.05 Å². The first kappa shape index (κ1) is 12.4. The molecule has 2 atom stereocenters. The maximum absolute atomic E-state index is 3.53. The van der Waals surface area contributed by atoms with Crippen LogP contribution >= 0.6 is 11.8 Å². The maximum atomic E-state index is 3.53. The molecule has 0 radical (unpaired) electrons. The van der Waals surface area contributed by atoms with Crippen LogP contribution in [-0.4, -0.2) is 23.6 Å². The molecule has 0 aromatic heterocycles. The standard InChI is InChI=1S/C12H25NS/c1-9(2)14-10-7-6-8-12(3,4)11(10)13-5/h9-11,13H,6-8H2,1-5H3. The second-order valence-corrected chi connectivity index (χ2v) is 7.19. The minimum atomic E-state index is 0.472. The van der Waals surface area contributed by atoms with Crippen molar-refractivity contribution in [1.29, 1.82) is 0 Å². The molecule has 1 N–H and O–H groups in total. The molecule has 0 amide bonds. The molecule has 0 saturated heterocycles. The minimum absolute atomic E-state index is 0.472. The molecule has 1 saturated carbocycles. The van der Waals surface area contributed by atoms with E-state index in [1.807, 2.05) is 0 Å². The van der Waals surface area contributed by atoms with Gasteiger partial charge < -0.3 is 5.32 Å².